The van der Waals surface area contributed by atoms with Crippen molar-refractivity contribution < 1.29 is 14.7 Å². The van der Waals surface area contributed by atoms with Gasteiger partial charge in [0, 0.05) is 0 Å². The first-order valence-corrected chi connectivity index (χ1v) is 22.3. The molecule has 2 rings (SSSR count). The topological polar surface area (TPSA) is 66.4 Å². The van der Waals surface area contributed by atoms with Gasteiger partial charge < -0.3 is 5.11 Å². The van der Waals surface area contributed by atoms with Gasteiger partial charge >= 0.3 is 0 Å². The van der Waals surface area contributed by atoms with Gasteiger partial charge in [-0.1, -0.05) is 192 Å². The minimum Gasteiger partial charge on any atom is -0.393 e. The van der Waals surface area contributed by atoms with Crippen molar-refractivity contribution in [2.75, 3.05) is 0 Å². The van der Waals surface area contributed by atoms with E-state index >= 15 is 0 Å². The van der Waals surface area contributed by atoms with E-state index in [-0.39, 0.29) is 17.9 Å². The summed E-state index contributed by atoms with van der Waals surface area (Å²) in [4.78, 5) is 21.9. The van der Waals surface area contributed by atoms with Crippen molar-refractivity contribution in [2.45, 2.75) is 215 Å². The maximum absolute atomic E-state index is 10.9. The van der Waals surface area contributed by atoms with Gasteiger partial charge in [0.25, 0.3) is 11.8 Å². The van der Waals surface area contributed by atoms with Gasteiger partial charge in [-0.25, -0.2) is 0 Å². The molecular formula is C49H85NO3. The molecule has 304 valence electrons. The van der Waals surface area contributed by atoms with Crippen LogP contribution in [0.25, 0.3) is 0 Å². The minimum absolute atomic E-state index is 0.0633. The summed E-state index contributed by atoms with van der Waals surface area (Å²) in [5.74, 6) is -0.601. The van der Waals surface area contributed by atoms with Crippen LogP contribution >= 0.6 is 0 Å². The lowest BCUT2D eigenvalue weighted by Crippen LogP contribution is -2.19. The van der Waals surface area contributed by atoms with Gasteiger partial charge in [0.15, 0.2) is 0 Å². The van der Waals surface area contributed by atoms with Crippen molar-refractivity contribution in [3.63, 3.8) is 0 Å². The Morgan fingerprint density at radius 2 is 0.774 bits per heavy atom. The maximum Gasteiger partial charge on any atom is 0.258 e. The lowest BCUT2D eigenvalue weighted by atomic mass is 10.0. The van der Waals surface area contributed by atoms with Gasteiger partial charge in [-0.15, -0.1) is 0 Å². The maximum atomic E-state index is 10.9. The van der Waals surface area contributed by atoms with E-state index < -0.39 is 0 Å². The molecule has 0 fully saturated rings. The monoisotopic (exact) mass is 736 g/mol. The van der Waals surface area contributed by atoms with E-state index in [1.165, 1.54) is 141 Å². The third-order valence-electron chi connectivity index (χ3n) is 9.12. The number of benzene rings is 1. The first-order chi connectivity index (χ1) is 26.1. The van der Waals surface area contributed by atoms with Crippen molar-refractivity contribution in [2.24, 2.45) is 0 Å². The van der Waals surface area contributed by atoms with Crippen LogP contribution in [0.1, 0.15) is 229 Å². The fourth-order valence-electron chi connectivity index (χ4n) is 6.00. The van der Waals surface area contributed by atoms with E-state index in [4.69, 9.17) is 0 Å². The summed E-state index contributed by atoms with van der Waals surface area (Å²) in [5.41, 5.74) is 0.940. The number of hydrogen-bond acceptors (Lipinski definition) is 3. The molecule has 0 atom stereocenters. The van der Waals surface area contributed by atoms with Gasteiger partial charge in [-0.3, -0.25) is 14.9 Å². The number of aliphatic hydroxyl groups is 1. The van der Waals surface area contributed by atoms with E-state index in [1.54, 1.807) is 24.3 Å². The summed E-state index contributed by atoms with van der Waals surface area (Å²) in [6.45, 7) is 12.5. The molecule has 1 aliphatic rings. The Balaban J connectivity index is 0. The van der Waals surface area contributed by atoms with Crippen LogP contribution in [0.3, 0.4) is 0 Å². The summed E-state index contributed by atoms with van der Waals surface area (Å²) in [5, 5.41) is 12.5. The number of hydrogen-bond donors (Lipinski definition) is 2. The van der Waals surface area contributed by atoms with Crippen molar-refractivity contribution in [3.05, 3.63) is 84.0 Å². The Hall–Kier alpha value is -2.72. The predicted molar refractivity (Wildman–Crippen MR) is 235 cm³/mol. The molecule has 0 saturated heterocycles. The Morgan fingerprint density at radius 1 is 0.472 bits per heavy atom. The Morgan fingerprint density at radius 3 is 1.11 bits per heavy atom. The van der Waals surface area contributed by atoms with Crippen LogP contribution in [-0.4, -0.2) is 23.0 Å². The number of imide groups is 1. The number of carbonyl (C=O) groups excluding carboxylic acids is 2. The lowest BCUT2D eigenvalue weighted by molar-refractivity contribution is 0.0879. The van der Waals surface area contributed by atoms with Crippen LogP contribution < -0.4 is 5.32 Å². The second-order valence-electron chi connectivity index (χ2n) is 13.7. The molecule has 0 spiro atoms. The predicted octanol–water partition coefficient (Wildman–Crippen LogP) is 15.4. The highest BCUT2D eigenvalue weighted by molar-refractivity contribution is 6.21. The van der Waals surface area contributed by atoms with Crippen LogP contribution in [0.2, 0.25) is 0 Å². The lowest BCUT2D eigenvalue weighted by Gasteiger charge is -2.10. The van der Waals surface area contributed by atoms with E-state index in [1.807, 2.05) is 27.7 Å². The molecule has 0 aromatic heterocycles. The molecule has 0 saturated carbocycles. The number of unbranched alkanes of at least 4 members (excludes halogenated alkanes) is 18. The van der Waals surface area contributed by atoms with E-state index in [0.29, 0.717) is 11.1 Å². The van der Waals surface area contributed by atoms with Crippen LogP contribution in [0.5, 0.6) is 0 Å². The van der Waals surface area contributed by atoms with Gasteiger partial charge in [0.05, 0.1) is 17.2 Å². The fourth-order valence-corrected chi connectivity index (χ4v) is 6.00. The molecule has 1 heterocycles. The largest absolute Gasteiger partial charge is 0.393 e. The zero-order chi connectivity index (χ0) is 39.5. The minimum atomic E-state index is -0.300. The first kappa shape index (κ1) is 52.4. The number of aliphatic hydroxyl groups excluding tert-OH is 1. The third-order valence-corrected chi connectivity index (χ3v) is 9.12. The number of nitrogens with one attached hydrogen (secondary N) is 1. The van der Waals surface area contributed by atoms with Gasteiger partial charge in [0.2, 0.25) is 0 Å². The Kier molecular flexibility index (Phi) is 43.2. The van der Waals surface area contributed by atoms with Crippen molar-refractivity contribution >= 4 is 11.8 Å². The molecule has 1 aromatic rings. The van der Waals surface area contributed by atoms with Gasteiger partial charge in [-0.2, -0.15) is 0 Å². The number of amides is 2. The number of fused-ring (bicyclic) bond motifs is 1. The van der Waals surface area contributed by atoms with Gasteiger partial charge in [0.1, 0.15) is 0 Å². The highest BCUT2D eigenvalue weighted by Crippen LogP contribution is 2.16. The summed E-state index contributed by atoms with van der Waals surface area (Å²) >= 11 is 0. The SMILES string of the molecule is CC.CC.CCCCC/C=C\C/C=C\CCCCCCCCC(O)CCCCCCCC/C=C\C/C=C\CCCCC.O=C1NC(=O)c2ccccc21. The van der Waals surface area contributed by atoms with Crippen LogP contribution in [0, 0.1) is 0 Å². The molecular weight excluding hydrogens is 651 g/mol. The Bertz CT molecular complexity index is 973. The van der Waals surface area contributed by atoms with Crippen LogP contribution in [0.15, 0.2) is 72.9 Å². The van der Waals surface area contributed by atoms with Crippen LogP contribution in [-0.2, 0) is 0 Å². The molecule has 4 heteroatoms. The molecule has 53 heavy (non-hydrogen) atoms. The van der Waals surface area contributed by atoms with Crippen molar-refractivity contribution in [1.82, 2.24) is 5.32 Å². The normalized spacial score (nSPS) is 12.2. The zero-order valence-corrected chi connectivity index (χ0v) is 35.7. The van der Waals surface area contributed by atoms with Crippen LogP contribution in [0.4, 0.5) is 0 Å². The highest BCUT2D eigenvalue weighted by atomic mass is 16.3. The standard InChI is InChI=1S/C37H68O.C8H5NO2.2C2H6/c1-3-5-7-9-11-13-15-17-19-21-23-25-27-29-31-33-35-37(38)36-34-32-30-28-26-24-22-20-18-16-14-12-10-8-6-4-2;10-7-5-3-1-2-4-6(5)8(11)9-7;2*1-2/h11-14,17-20,37-38H,3-10,15-16,21-36H2,1-2H3;1-4H,(H,9,10,11);2*1-2H3/b13-11-,14-12-,19-17-,20-18-;;;. The molecule has 1 aliphatic heterocycles. The molecule has 0 aliphatic carbocycles. The number of carbonyl (C=O) groups is 2. The summed E-state index contributed by atoms with van der Waals surface area (Å²) in [7, 11) is 0. The average molecular weight is 736 g/mol. The average Bonchev–Trinajstić information content (AvgIpc) is 3.48. The smallest absolute Gasteiger partial charge is 0.258 e. The molecule has 2 N–H and O–H groups in total. The second kappa shape index (κ2) is 43.7. The number of rotatable bonds is 30. The van der Waals surface area contributed by atoms with Crippen molar-refractivity contribution in [3.8, 4) is 0 Å². The highest BCUT2D eigenvalue weighted by Gasteiger charge is 2.25. The summed E-state index contributed by atoms with van der Waals surface area (Å²) in [6.07, 6.45) is 51.6. The molecule has 2 amide bonds. The second-order valence-corrected chi connectivity index (χ2v) is 13.7. The zero-order valence-electron chi connectivity index (χ0n) is 35.7. The molecule has 0 unspecified atom stereocenters. The molecule has 0 bridgehead atoms. The quantitative estimate of drug-likeness (QED) is 0.0470. The van der Waals surface area contributed by atoms with Gasteiger partial charge in [-0.05, 0) is 89.2 Å². The van der Waals surface area contributed by atoms with E-state index in [2.05, 4.69) is 67.8 Å². The summed E-state index contributed by atoms with van der Waals surface area (Å²) in [6, 6.07) is 6.74. The molecule has 0 radical (unpaired) electrons. The molecule has 4 nitrogen and oxygen atoms in total. The molecule has 1 aromatic carbocycles. The number of allylic oxidation sites excluding steroid dienone is 8. The van der Waals surface area contributed by atoms with Crippen molar-refractivity contribution in [1.29, 1.82) is 0 Å². The van der Waals surface area contributed by atoms with E-state index in [9.17, 15) is 14.7 Å². The fraction of sp³-hybridized carbons (Fsp3) is 0.673. The summed E-state index contributed by atoms with van der Waals surface area (Å²) < 4.78 is 0. The third kappa shape index (κ3) is 34.8. The first-order valence-electron chi connectivity index (χ1n) is 22.3. The Labute approximate surface area is 329 Å². The van der Waals surface area contributed by atoms with E-state index in [0.717, 1.165) is 25.7 Å².